The van der Waals surface area contributed by atoms with Gasteiger partial charge in [0.25, 0.3) is 0 Å². The van der Waals surface area contributed by atoms with Gasteiger partial charge in [-0.15, -0.1) is 0 Å². The highest BCUT2D eigenvalue weighted by molar-refractivity contribution is 5.92. The third kappa shape index (κ3) is 4.79. The van der Waals surface area contributed by atoms with Crippen LogP contribution in [0.2, 0.25) is 0 Å². The summed E-state index contributed by atoms with van der Waals surface area (Å²) in [6, 6.07) is 0. The van der Waals surface area contributed by atoms with Gasteiger partial charge in [0.1, 0.15) is 0 Å². The number of carboxylic acids is 2. The van der Waals surface area contributed by atoms with Gasteiger partial charge in [-0.1, -0.05) is 6.08 Å². The maximum Gasteiger partial charge on any atom is 0.453 e. The third-order valence-corrected chi connectivity index (χ3v) is 1.64. The van der Waals surface area contributed by atoms with E-state index in [4.69, 9.17) is 10.2 Å². The molecule has 4 nitrogen and oxygen atoms in total. The van der Waals surface area contributed by atoms with Crippen molar-refractivity contribution in [2.75, 3.05) is 0 Å². The average Bonchev–Trinajstić information content (AvgIpc) is 2.09. The molecule has 0 heterocycles. The summed E-state index contributed by atoms with van der Waals surface area (Å²) >= 11 is 0. The summed E-state index contributed by atoms with van der Waals surface area (Å²) in [7, 11) is 0. The van der Waals surface area contributed by atoms with E-state index in [0.717, 1.165) is 0 Å². The zero-order valence-corrected chi connectivity index (χ0v) is 8.09. The number of carbonyl (C=O) groups is 2. The quantitative estimate of drug-likeness (QED) is 0.587. The van der Waals surface area contributed by atoms with Crippen LogP contribution in [-0.2, 0) is 9.59 Å². The van der Waals surface area contributed by atoms with Gasteiger partial charge in [0.15, 0.2) is 0 Å². The molecule has 0 rings (SSSR count). The van der Waals surface area contributed by atoms with Crippen molar-refractivity contribution in [1.82, 2.24) is 0 Å². The predicted molar refractivity (Wildman–Crippen MR) is 43.6 cm³/mol. The van der Waals surface area contributed by atoms with Gasteiger partial charge in [-0.25, -0.2) is 4.79 Å². The molecule has 9 heteroatoms. The van der Waals surface area contributed by atoms with E-state index in [0.29, 0.717) is 0 Å². The maximum atomic E-state index is 12.4. The van der Waals surface area contributed by atoms with Crippen LogP contribution in [0.4, 0.5) is 22.0 Å². The molecule has 0 unspecified atom stereocenters. The predicted octanol–water partition coefficient (Wildman–Crippen LogP) is 2.06. The SMILES string of the molecule is O=C(O)CC(=CCC(F)(F)C(F)(F)F)C(=O)O. The Bertz CT molecular complexity index is 344. The summed E-state index contributed by atoms with van der Waals surface area (Å²) in [6.07, 6.45) is -8.80. The molecule has 0 aromatic carbocycles. The van der Waals surface area contributed by atoms with Crippen LogP contribution in [0, 0.1) is 0 Å². The van der Waals surface area contributed by atoms with Crippen molar-refractivity contribution in [3.8, 4) is 0 Å². The molecule has 0 atom stereocenters. The summed E-state index contributed by atoms with van der Waals surface area (Å²) in [5.74, 6) is -8.59. The number of alkyl halides is 5. The fourth-order valence-electron chi connectivity index (χ4n) is 0.765. The van der Waals surface area contributed by atoms with Gasteiger partial charge < -0.3 is 10.2 Å². The van der Waals surface area contributed by atoms with Crippen molar-refractivity contribution in [2.24, 2.45) is 0 Å². The first kappa shape index (κ1) is 15.3. The largest absolute Gasteiger partial charge is 0.481 e. The normalized spacial score (nSPS) is 13.6. The summed E-state index contributed by atoms with van der Waals surface area (Å²) < 4.78 is 59.9. The highest BCUT2D eigenvalue weighted by Crippen LogP contribution is 2.38. The molecule has 0 fully saturated rings. The van der Waals surface area contributed by atoms with Crippen LogP contribution < -0.4 is 0 Å². The van der Waals surface area contributed by atoms with E-state index in [1.807, 2.05) is 0 Å². The van der Waals surface area contributed by atoms with E-state index in [1.165, 1.54) is 0 Å². The Labute approximate surface area is 91.3 Å². The lowest BCUT2D eigenvalue weighted by atomic mass is 10.1. The first-order chi connectivity index (χ1) is 7.47. The molecular formula is C8H7F5O4. The monoisotopic (exact) mass is 262 g/mol. The molecule has 0 aromatic rings. The van der Waals surface area contributed by atoms with Crippen LogP contribution in [0.15, 0.2) is 11.6 Å². The minimum absolute atomic E-state index is 0.0595. The van der Waals surface area contributed by atoms with E-state index < -0.39 is 42.5 Å². The van der Waals surface area contributed by atoms with E-state index in [9.17, 15) is 31.5 Å². The molecule has 0 radical (unpaired) electrons. The van der Waals surface area contributed by atoms with E-state index in [2.05, 4.69) is 0 Å². The molecule has 0 aliphatic heterocycles. The third-order valence-electron chi connectivity index (χ3n) is 1.64. The number of hydrogen-bond donors (Lipinski definition) is 2. The van der Waals surface area contributed by atoms with Gasteiger partial charge in [-0.3, -0.25) is 4.79 Å². The van der Waals surface area contributed by atoms with E-state index in [1.54, 1.807) is 0 Å². The lowest BCUT2D eigenvalue weighted by molar-refractivity contribution is -0.280. The van der Waals surface area contributed by atoms with Crippen molar-refractivity contribution in [3.05, 3.63) is 11.6 Å². The zero-order valence-electron chi connectivity index (χ0n) is 8.09. The second kappa shape index (κ2) is 5.11. The van der Waals surface area contributed by atoms with Crippen LogP contribution in [-0.4, -0.2) is 34.3 Å². The van der Waals surface area contributed by atoms with Gasteiger partial charge in [0, 0.05) is 12.0 Å². The number of allylic oxidation sites excluding steroid dienone is 1. The van der Waals surface area contributed by atoms with Crippen LogP contribution in [0.1, 0.15) is 12.8 Å². The summed E-state index contributed by atoms with van der Waals surface area (Å²) in [5, 5.41) is 16.6. The second-order valence-corrected chi connectivity index (χ2v) is 3.01. The molecule has 0 amide bonds. The molecule has 98 valence electrons. The summed E-state index contributed by atoms with van der Waals surface area (Å²) in [5.41, 5.74) is -1.03. The van der Waals surface area contributed by atoms with Gasteiger partial charge >= 0.3 is 24.0 Å². The second-order valence-electron chi connectivity index (χ2n) is 3.01. The van der Waals surface area contributed by atoms with Crippen LogP contribution in [0.25, 0.3) is 0 Å². The lowest BCUT2D eigenvalue weighted by Gasteiger charge is -2.17. The van der Waals surface area contributed by atoms with Gasteiger partial charge in [0.05, 0.1) is 6.42 Å². The highest BCUT2D eigenvalue weighted by atomic mass is 19.4. The van der Waals surface area contributed by atoms with Crippen molar-refractivity contribution in [1.29, 1.82) is 0 Å². The molecule has 0 saturated carbocycles. The van der Waals surface area contributed by atoms with Crippen LogP contribution >= 0.6 is 0 Å². The Morgan fingerprint density at radius 1 is 1.06 bits per heavy atom. The summed E-state index contributed by atoms with van der Waals surface area (Å²) in [6.45, 7) is 0. The minimum Gasteiger partial charge on any atom is -0.481 e. The van der Waals surface area contributed by atoms with Crippen molar-refractivity contribution >= 4 is 11.9 Å². The topological polar surface area (TPSA) is 74.6 Å². The fraction of sp³-hybridized carbons (Fsp3) is 0.500. The van der Waals surface area contributed by atoms with Crippen LogP contribution in [0.3, 0.4) is 0 Å². The smallest absolute Gasteiger partial charge is 0.453 e. The Kier molecular flexibility index (Phi) is 4.60. The minimum atomic E-state index is -5.81. The number of aliphatic carboxylic acids is 2. The number of hydrogen-bond acceptors (Lipinski definition) is 2. The first-order valence-corrected chi connectivity index (χ1v) is 4.06. The Morgan fingerprint density at radius 2 is 1.53 bits per heavy atom. The Hall–Kier alpha value is -1.67. The van der Waals surface area contributed by atoms with E-state index in [-0.39, 0.29) is 6.08 Å². The standard InChI is InChI=1S/C8H7F5O4/c9-7(10,8(11,12)13)2-1-4(6(16)17)3-5(14)15/h1H,2-3H2,(H,14,15)(H,16,17). The van der Waals surface area contributed by atoms with Crippen molar-refractivity contribution < 1.29 is 41.8 Å². The first-order valence-electron chi connectivity index (χ1n) is 4.06. The molecule has 0 aliphatic rings. The molecule has 17 heavy (non-hydrogen) atoms. The molecule has 2 N–H and O–H groups in total. The Balaban J connectivity index is 4.88. The highest BCUT2D eigenvalue weighted by Gasteiger charge is 2.56. The Morgan fingerprint density at radius 3 is 1.82 bits per heavy atom. The van der Waals surface area contributed by atoms with Gasteiger partial charge in [0.2, 0.25) is 0 Å². The number of rotatable bonds is 5. The maximum absolute atomic E-state index is 12.4. The zero-order chi connectivity index (χ0) is 13.9. The van der Waals surface area contributed by atoms with Crippen molar-refractivity contribution in [2.45, 2.75) is 24.9 Å². The van der Waals surface area contributed by atoms with Crippen molar-refractivity contribution in [3.63, 3.8) is 0 Å². The molecule has 0 saturated heterocycles. The lowest BCUT2D eigenvalue weighted by Crippen LogP contribution is -2.35. The van der Waals surface area contributed by atoms with Crippen LogP contribution in [0.5, 0.6) is 0 Å². The fourth-order valence-corrected chi connectivity index (χ4v) is 0.765. The molecule has 0 bridgehead atoms. The van der Waals surface area contributed by atoms with Gasteiger partial charge in [-0.05, 0) is 0 Å². The summed E-state index contributed by atoms with van der Waals surface area (Å²) in [4.78, 5) is 20.5. The molecule has 0 spiro atoms. The molecule has 0 aromatic heterocycles. The average molecular weight is 262 g/mol. The molecular weight excluding hydrogens is 255 g/mol. The van der Waals surface area contributed by atoms with E-state index >= 15 is 0 Å². The number of carboxylic acid groups (broad SMARTS) is 2. The van der Waals surface area contributed by atoms with Gasteiger partial charge in [-0.2, -0.15) is 22.0 Å². The molecule has 0 aliphatic carbocycles. The number of halogens is 5.